The Labute approximate surface area is 205 Å². The Kier molecular flexibility index (Phi) is 5.52. The number of ether oxygens (including phenoxy) is 1. The molecular formula is C28H28N6O. The Morgan fingerprint density at radius 2 is 1.74 bits per heavy atom. The number of H-pyrrole nitrogens is 1. The molecule has 4 heterocycles. The van der Waals surface area contributed by atoms with Crippen LogP contribution in [0.2, 0.25) is 0 Å². The van der Waals surface area contributed by atoms with Gasteiger partial charge < -0.3 is 14.6 Å². The van der Waals surface area contributed by atoms with E-state index in [1.165, 1.54) is 22.5 Å². The van der Waals surface area contributed by atoms with Crippen LogP contribution in [0.4, 0.5) is 5.82 Å². The molecule has 4 aromatic rings. The predicted molar refractivity (Wildman–Crippen MR) is 137 cm³/mol. The normalized spacial score (nSPS) is 15.7. The molecule has 2 aliphatic rings. The lowest BCUT2D eigenvalue weighted by Crippen LogP contribution is -2.34. The molecular weight excluding hydrogens is 436 g/mol. The highest BCUT2D eigenvalue weighted by Crippen LogP contribution is 2.38. The number of hydrogen-bond acceptors (Lipinski definition) is 6. The summed E-state index contributed by atoms with van der Waals surface area (Å²) in [7, 11) is 1.57. The van der Waals surface area contributed by atoms with Gasteiger partial charge in [-0.3, -0.25) is 0 Å². The van der Waals surface area contributed by atoms with Crippen molar-refractivity contribution in [3.8, 4) is 17.3 Å². The van der Waals surface area contributed by atoms with Crippen molar-refractivity contribution in [2.24, 2.45) is 0 Å². The van der Waals surface area contributed by atoms with Crippen LogP contribution in [0.3, 0.4) is 0 Å². The zero-order valence-electron chi connectivity index (χ0n) is 20.0. The summed E-state index contributed by atoms with van der Waals surface area (Å²) in [5, 5.41) is 0. The Bertz CT molecular complexity index is 1370. The maximum Gasteiger partial charge on any atom is 0.316 e. The van der Waals surface area contributed by atoms with Gasteiger partial charge in [-0.15, -0.1) is 0 Å². The number of fused-ring (bicyclic) bond motifs is 1. The molecule has 7 nitrogen and oxygen atoms in total. The smallest absolute Gasteiger partial charge is 0.316 e. The molecule has 0 spiro atoms. The van der Waals surface area contributed by atoms with Gasteiger partial charge in [0.05, 0.1) is 12.8 Å². The second-order valence-electron chi connectivity index (χ2n) is 9.27. The summed E-state index contributed by atoms with van der Waals surface area (Å²) in [5.74, 6) is 1.56. The maximum atomic E-state index is 5.09. The molecule has 0 saturated carbocycles. The van der Waals surface area contributed by atoms with Gasteiger partial charge in [-0.2, -0.15) is 0 Å². The molecule has 1 N–H and O–H groups in total. The van der Waals surface area contributed by atoms with E-state index in [2.05, 4.69) is 74.2 Å². The van der Waals surface area contributed by atoms with Gasteiger partial charge in [-0.1, -0.05) is 30.3 Å². The van der Waals surface area contributed by atoms with Crippen molar-refractivity contribution < 1.29 is 4.74 Å². The van der Waals surface area contributed by atoms with E-state index in [0.29, 0.717) is 11.9 Å². The molecule has 0 atom stereocenters. The molecule has 3 aromatic heterocycles. The second kappa shape index (κ2) is 8.98. The van der Waals surface area contributed by atoms with Gasteiger partial charge >= 0.3 is 6.01 Å². The highest BCUT2D eigenvalue weighted by Gasteiger charge is 2.27. The summed E-state index contributed by atoms with van der Waals surface area (Å²) in [6.07, 6.45) is 10.5. The topological polar surface area (TPSA) is 79.8 Å². The van der Waals surface area contributed by atoms with Gasteiger partial charge in [-0.25, -0.2) is 19.9 Å². The van der Waals surface area contributed by atoms with Crippen LogP contribution in [0.15, 0.2) is 55.1 Å². The molecule has 1 saturated heterocycles. The second-order valence-corrected chi connectivity index (χ2v) is 9.27. The number of aromatic amines is 1. The number of anilines is 1. The number of aryl methyl sites for hydroxylation is 1. The fourth-order valence-corrected chi connectivity index (χ4v) is 5.25. The van der Waals surface area contributed by atoms with E-state index in [9.17, 15) is 0 Å². The largest absolute Gasteiger partial charge is 0.467 e. The third kappa shape index (κ3) is 4.07. The molecule has 176 valence electrons. The van der Waals surface area contributed by atoms with Crippen LogP contribution in [0.5, 0.6) is 6.01 Å². The Balaban J connectivity index is 1.19. The van der Waals surface area contributed by atoms with Crippen LogP contribution in [0.1, 0.15) is 46.8 Å². The lowest BCUT2D eigenvalue weighted by molar-refractivity contribution is 0.379. The Morgan fingerprint density at radius 3 is 2.49 bits per heavy atom. The van der Waals surface area contributed by atoms with E-state index in [4.69, 9.17) is 9.72 Å². The summed E-state index contributed by atoms with van der Waals surface area (Å²) >= 11 is 0. The first-order valence-corrected chi connectivity index (χ1v) is 12.1. The molecule has 1 fully saturated rings. The van der Waals surface area contributed by atoms with Crippen molar-refractivity contribution in [2.45, 2.75) is 32.1 Å². The number of rotatable bonds is 5. The summed E-state index contributed by atoms with van der Waals surface area (Å²) in [6, 6.07) is 13.3. The minimum atomic E-state index is 0.376. The molecule has 0 unspecified atom stereocenters. The lowest BCUT2D eigenvalue weighted by atomic mass is 9.93. The number of aromatic nitrogens is 5. The number of benzene rings is 1. The molecule has 35 heavy (non-hydrogen) atoms. The molecule has 1 aromatic carbocycles. The van der Waals surface area contributed by atoms with Crippen LogP contribution in [0.25, 0.3) is 22.9 Å². The highest BCUT2D eigenvalue weighted by molar-refractivity contribution is 5.90. The third-order valence-corrected chi connectivity index (χ3v) is 7.14. The fraction of sp³-hybridized carbons (Fsp3) is 0.286. The molecule has 1 aliphatic heterocycles. The van der Waals surface area contributed by atoms with Crippen LogP contribution in [-0.4, -0.2) is 45.1 Å². The lowest BCUT2D eigenvalue weighted by Gasteiger charge is -2.33. The highest BCUT2D eigenvalue weighted by atomic mass is 16.5. The first-order valence-electron chi connectivity index (χ1n) is 12.1. The van der Waals surface area contributed by atoms with Crippen molar-refractivity contribution in [1.29, 1.82) is 0 Å². The average Bonchev–Trinajstić information content (AvgIpc) is 3.53. The summed E-state index contributed by atoms with van der Waals surface area (Å²) < 4.78 is 5.09. The standard InChI is InChI=1S/C28H28N6O/c1-18-12-24(33-26(18)20-6-4-3-5-7-20)19-8-10-34(11-9-19)27-23-13-21(14-25(23)31-17-32-27)22-15-29-28(35-2)30-16-22/h3-7,12-13,15-17,19,33H,8-11,14H2,1-2H3. The van der Waals surface area contributed by atoms with Crippen LogP contribution < -0.4 is 9.64 Å². The van der Waals surface area contributed by atoms with E-state index in [1.807, 2.05) is 12.4 Å². The number of nitrogens with zero attached hydrogens (tertiary/aromatic N) is 5. The number of piperidine rings is 1. The van der Waals surface area contributed by atoms with E-state index < -0.39 is 0 Å². The number of nitrogens with one attached hydrogen (secondary N) is 1. The molecule has 0 amide bonds. The SMILES string of the molecule is COc1ncc(C2=Cc3c(ncnc3N3CCC(c4cc(C)c(-c5ccccc5)[nH]4)CC3)C2)cn1. The zero-order valence-corrected chi connectivity index (χ0v) is 20.0. The van der Waals surface area contributed by atoms with Crippen molar-refractivity contribution in [3.63, 3.8) is 0 Å². The van der Waals surface area contributed by atoms with Crippen molar-refractivity contribution in [3.05, 3.63) is 83.2 Å². The summed E-state index contributed by atoms with van der Waals surface area (Å²) in [5.41, 5.74) is 9.47. The fourth-order valence-electron chi connectivity index (χ4n) is 5.25. The van der Waals surface area contributed by atoms with Gasteiger partial charge in [0.2, 0.25) is 0 Å². The van der Waals surface area contributed by atoms with Crippen LogP contribution >= 0.6 is 0 Å². The van der Waals surface area contributed by atoms with Gasteiger partial charge in [-0.05, 0) is 48.6 Å². The summed E-state index contributed by atoms with van der Waals surface area (Å²) in [6.45, 7) is 4.14. The van der Waals surface area contributed by atoms with E-state index in [-0.39, 0.29) is 0 Å². The minimum absolute atomic E-state index is 0.376. The van der Waals surface area contributed by atoms with Crippen molar-refractivity contribution in [1.82, 2.24) is 24.9 Å². The van der Waals surface area contributed by atoms with Crippen LogP contribution in [0, 0.1) is 6.92 Å². The number of methoxy groups -OCH3 is 1. The quantitative estimate of drug-likeness (QED) is 0.445. The Morgan fingerprint density at radius 1 is 0.971 bits per heavy atom. The molecule has 1 aliphatic carbocycles. The molecule has 6 rings (SSSR count). The first-order chi connectivity index (χ1) is 17.2. The van der Waals surface area contributed by atoms with E-state index >= 15 is 0 Å². The minimum Gasteiger partial charge on any atom is -0.467 e. The number of allylic oxidation sites excluding steroid dienone is 1. The predicted octanol–water partition coefficient (Wildman–Crippen LogP) is 5.06. The van der Waals surface area contributed by atoms with E-state index in [0.717, 1.165) is 60.6 Å². The van der Waals surface area contributed by atoms with Crippen molar-refractivity contribution in [2.75, 3.05) is 25.1 Å². The van der Waals surface area contributed by atoms with Gasteiger partial charge in [0.15, 0.2) is 0 Å². The average molecular weight is 465 g/mol. The monoisotopic (exact) mass is 464 g/mol. The molecule has 0 bridgehead atoms. The van der Waals surface area contributed by atoms with Crippen molar-refractivity contribution >= 4 is 17.5 Å². The summed E-state index contributed by atoms with van der Waals surface area (Å²) in [4.78, 5) is 23.9. The molecule has 7 heteroatoms. The molecule has 0 radical (unpaired) electrons. The Hall–Kier alpha value is -4.00. The van der Waals surface area contributed by atoms with E-state index in [1.54, 1.807) is 13.4 Å². The first kappa shape index (κ1) is 21.5. The zero-order chi connectivity index (χ0) is 23.8. The number of hydrogen-bond donors (Lipinski definition) is 1. The third-order valence-electron chi connectivity index (χ3n) is 7.14. The van der Waals surface area contributed by atoms with Gasteiger partial charge in [0.25, 0.3) is 0 Å². The van der Waals surface area contributed by atoms with Crippen LogP contribution in [-0.2, 0) is 6.42 Å². The van der Waals surface area contributed by atoms with Gasteiger partial charge in [0.1, 0.15) is 12.1 Å². The maximum absolute atomic E-state index is 5.09. The van der Waals surface area contributed by atoms with Gasteiger partial charge in [0, 0.05) is 60.3 Å².